The Balaban J connectivity index is 1.69. The Morgan fingerprint density at radius 2 is 1.38 bits per heavy atom. The number of carbonyl (C=O) groups is 1. The lowest BCUT2D eigenvalue weighted by atomic mass is 10.2. The molecule has 3 N–H and O–H groups in total. The van der Waals surface area contributed by atoms with Crippen molar-refractivity contribution in [3.8, 4) is 0 Å². The summed E-state index contributed by atoms with van der Waals surface area (Å²) in [5.41, 5.74) is 1.17. The Kier molecular flexibility index (Phi) is 6.99. The number of benzene rings is 3. The summed E-state index contributed by atoms with van der Waals surface area (Å²) in [6, 6.07) is 15.8. The number of anilines is 3. The highest BCUT2D eigenvalue weighted by atomic mass is 35.5. The van der Waals surface area contributed by atoms with E-state index in [1.165, 1.54) is 66.7 Å². The molecule has 0 bridgehead atoms. The molecule has 0 aliphatic rings. The highest BCUT2D eigenvalue weighted by Gasteiger charge is 2.16. The van der Waals surface area contributed by atoms with Crippen molar-refractivity contribution < 1.29 is 21.6 Å². The number of hydrogen-bond acceptors (Lipinski definition) is 5. The predicted octanol–water partition coefficient (Wildman–Crippen LogP) is 4.42. The molecular formula is C20H17Cl2N3O5S2. The lowest BCUT2D eigenvalue weighted by Gasteiger charge is -2.11. The molecule has 12 heteroatoms. The van der Waals surface area contributed by atoms with Crippen molar-refractivity contribution >= 4 is 66.2 Å². The largest absolute Gasteiger partial charge is 0.322 e. The minimum atomic E-state index is -3.91. The van der Waals surface area contributed by atoms with Gasteiger partial charge in [-0.2, -0.15) is 0 Å². The van der Waals surface area contributed by atoms with Crippen molar-refractivity contribution in [2.75, 3.05) is 21.0 Å². The van der Waals surface area contributed by atoms with E-state index >= 15 is 0 Å². The summed E-state index contributed by atoms with van der Waals surface area (Å²) in [6.07, 6.45) is 1.02. The Labute approximate surface area is 195 Å². The summed E-state index contributed by atoms with van der Waals surface area (Å²) in [4.78, 5) is 12.4. The molecular weight excluding hydrogens is 497 g/mol. The Bertz CT molecular complexity index is 1360. The highest BCUT2D eigenvalue weighted by molar-refractivity contribution is 7.92. The molecule has 0 atom stereocenters. The molecule has 0 radical (unpaired) electrons. The van der Waals surface area contributed by atoms with Crippen molar-refractivity contribution in [3.63, 3.8) is 0 Å². The molecule has 0 unspecified atom stereocenters. The number of sulfonamides is 2. The molecule has 0 aliphatic carbocycles. The molecule has 0 aromatic heterocycles. The molecule has 8 nitrogen and oxygen atoms in total. The van der Waals surface area contributed by atoms with Crippen LogP contribution in [0.5, 0.6) is 0 Å². The Morgan fingerprint density at radius 3 is 1.94 bits per heavy atom. The first-order chi connectivity index (χ1) is 14.9. The summed E-state index contributed by atoms with van der Waals surface area (Å²) < 4.78 is 52.3. The molecule has 0 heterocycles. The number of rotatable bonds is 7. The summed E-state index contributed by atoms with van der Waals surface area (Å²) in [5.74, 6) is -0.447. The standard InChI is InChI=1S/C20H17Cl2N3O5S2/c1-31(27,28)24-16-5-2-13(3-6-16)20(26)23-15-7-9-17(10-8-15)32(29,30)25-19-11-4-14(21)12-18(19)22/h2-12,24-25H,1H3,(H,23,26). The average Bonchev–Trinajstić information content (AvgIpc) is 2.70. The Morgan fingerprint density at radius 1 is 0.781 bits per heavy atom. The third kappa shape index (κ3) is 6.36. The molecule has 3 rings (SSSR count). The monoisotopic (exact) mass is 513 g/mol. The van der Waals surface area contributed by atoms with E-state index < -0.39 is 26.0 Å². The van der Waals surface area contributed by atoms with E-state index in [4.69, 9.17) is 23.2 Å². The smallest absolute Gasteiger partial charge is 0.261 e. The van der Waals surface area contributed by atoms with Crippen LogP contribution in [0.4, 0.5) is 17.1 Å². The van der Waals surface area contributed by atoms with Gasteiger partial charge < -0.3 is 5.32 Å². The van der Waals surface area contributed by atoms with Gasteiger partial charge in [-0.15, -0.1) is 0 Å². The minimum absolute atomic E-state index is 0.0299. The fourth-order valence-corrected chi connectivity index (χ4v) is 4.76. The zero-order valence-corrected chi connectivity index (χ0v) is 19.6. The van der Waals surface area contributed by atoms with Gasteiger partial charge in [-0.25, -0.2) is 16.8 Å². The van der Waals surface area contributed by atoms with Crippen LogP contribution in [-0.2, 0) is 20.0 Å². The van der Waals surface area contributed by atoms with Gasteiger partial charge in [0.15, 0.2) is 0 Å². The van der Waals surface area contributed by atoms with Crippen LogP contribution >= 0.6 is 23.2 Å². The zero-order chi connectivity index (χ0) is 23.5. The molecule has 0 saturated carbocycles. The van der Waals surface area contributed by atoms with Gasteiger partial charge in [-0.1, -0.05) is 23.2 Å². The maximum absolute atomic E-state index is 12.6. The second-order valence-electron chi connectivity index (χ2n) is 6.66. The van der Waals surface area contributed by atoms with E-state index in [0.29, 0.717) is 22.0 Å². The third-order valence-electron chi connectivity index (χ3n) is 4.05. The van der Waals surface area contributed by atoms with Gasteiger partial charge in [0.25, 0.3) is 15.9 Å². The number of carbonyl (C=O) groups excluding carboxylic acids is 1. The molecule has 0 aliphatic heterocycles. The quantitative estimate of drug-likeness (QED) is 0.431. The molecule has 0 spiro atoms. The molecule has 0 fully saturated rings. The van der Waals surface area contributed by atoms with Crippen LogP contribution in [0.15, 0.2) is 71.6 Å². The lowest BCUT2D eigenvalue weighted by Crippen LogP contribution is -2.14. The van der Waals surface area contributed by atoms with Gasteiger partial charge in [-0.05, 0) is 66.7 Å². The van der Waals surface area contributed by atoms with Gasteiger partial charge >= 0.3 is 0 Å². The zero-order valence-electron chi connectivity index (χ0n) is 16.5. The molecule has 3 aromatic carbocycles. The summed E-state index contributed by atoms with van der Waals surface area (Å²) in [5, 5.41) is 3.17. The van der Waals surface area contributed by atoms with Crippen molar-refractivity contribution in [2.45, 2.75) is 4.90 Å². The average molecular weight is 514 g/mol. The summed E-state index contributed by atoms with van der Waals surface area (Å²) in [6.45, 7) is 0. The van der Waals surface area contributed by atoms with E-state index in [9.17, 15) is 21.6 Å². The van der Waals surface area contributed by atoms with Crippen LogP contribution in [0.3, 0.4) is 0 Å². The van der Waals surface area contributed by atoms with Crippen LogP contribution in [0.1, 0.15) is 10.4 Å². The van der Waals surface area contributed by atoms with E-state index in [1.807, 2.05) is 0 Å². The lowest BCUT2D eigenvalue weighted by molar-refractivity contribution is 0.102. The van der Waals surface area contributed by atoms with Crippen molar-refractivity contribution in [2.24, 2.45) is 0 Å². The van der Waals surface area contributed by atoms with Crippen molar-refractivity contribution in [3.05, 3.63) is 82.3 Å². The van der Waals surface area contributed by atoms with Crippen LogP contribution in [0.2, 0.25) is 10.0 Å². The van der Waals surface area contributed by atoms with Gasteiger partial charge in [-0.3, -0.25) is 14.2 Å². The van der Waals surface area contributed by atoms with E-state index in [-0.39, 0.29) is 15.6 Å². The first-order valence-electron chi connectivity index (χ1n) is 8.90. The van der Waals surface area contributed by atoms with E-state index in [0.717, 1.165) is 6.26 Å². The number of nitrogens with one attached hydrogen (secondary N) is 3. The van der Waals surface area contributed by atoms with E-state index in [2.05, 4.69) is 14.8 Å². The van der Waals surface area contributed by atoms with Gasteiger partial charge in [0, 0.05) is 22.0 Å². The van der Waals surface area contributed by atoms with Gasteiger partial charge in [0.1, 0.15) is 0 Å². The van der Waals surface area contributed by atoms with Gasteiger partial charge in [0.2, 0.25) is 10.0 Å². The second-order valence-corrected chi connectivity index (χ2v) is 10.9. The normalized spacial score (nSPS) is 11.6. The molecule has 3 aromatic rings. The third-order valence-corrected chi connectivity index (χ3v) is 6.58. The van der Waals surface area contributed by atoms with Crippen LogP contribution < -0.4 is 14.8 Å². The summed E-state index contributed by atoms with van der Waals surface area (Å²) >= 11 is 11.8. The number of halogens is 2. The van der Waals surface area contributed by atoms with E-state index in [1.54, 1.807) is 0 Å². The SMILES string of the molecule is CS(=O)(=O)Nc1ccc(C(=O)Nc2ccc(S(=O)(=O)Nc3ccc(Cl)cc3Cl)cc2)cc1. The fourth-order valence-electron chi connectivity index (χ4n) is 2.60. The maximum atomic E-state index is 12.6. The second kappa shape index (κ2) is 9.37. The van der Waals surface area contributed by atoms with Crippen molar-refractivity contribution in [1.82, 2.24) is 0 Å². The highest BCUT2D eigenvalue weighted by Crippen LogP contribution is 2.28. The molecule has 168 valence electrons. The number of hydrogen-bond donors (Lipinski definition) is 3. The number of amides is 1. The topological polar surface area (TPSA) is 121 Å². The first kappa shape index (κ1) is 23.9. The van der Waals surface area contributed by atoms with Crippen LogP contribution in [-0.4, -0.2) is 29.0 Å². The molecule has 32 heavy (non-hydrogen) atoms. The van der Waals surface area contributed by atoms with Gasteiger partial charge in [0.05, 0.1) is 21.9 Å². The van der Waals surface area contributed by atoms with Crippen LogP contribution in [0, 0.1) is 0 Å². The molecule has 0 saturated heterocycles. The first-order valence-corrected chi connectivity index (χ1v) is 13.0. The minimum Gasteiger partial charge on any atom is -0.322 e. The summed E-state index contributed by atoms with van der Waals surface area (Å²) in [7, 11) is -7.33. The predicted molar refractivity (Wildman–Crippen MR) is 127 cm³/mol. The van der Waals surface area contributed by atoms with Crippen molar-refractivity contribution in [1.29, 1.82) is 0 Å². The maximum Gasteiger partial charge on any atom is 0.261 e. The molecule has 1 amide bonds. The van der Waals surface area contributed by atoms with Crippen LogP contribution in [0.25, 0.3) is 0 Å². The fraction of sp³-hybridized carbons (Fsp3) is 0.0500. The Hall–Kier alpha value is -2.79.